The minimum absolute atomic E-state index is 0.684. The summed E-state index contributed by atoms with van der Waals surface area (Å²) >= 11 is 0. The van der Waals surface area contributed by atoms with Crippen LogP contribution in [-0.2, 0) is 14.3 Å². The summed E-state index contributed by atoms with van der Waals surface area (Å²) in [5, 5.41) is 37.3. The van der Waals surface area contributed by atoms with Crippen LogP contribution in [0, 0.1) is 0 Å². The number of hydrogen-bond acceptors (Lipinski definition) is 6. The zero-order chi connectivity index (χ0) is 13.4. The molecule has 1 aliphatic rings. The lowest BCUT2D eigenvalue weighted by Crippen LogP contribution is -2.61. The number of aliphatic hydroxyl groups is 3. The summed E-state index contributed by atoms with van der Waals surface area (Å²) in [4.78, 5) is 10.8. The van der Waals surface area contributed by atoms with Crippen LogP contribution in [0.15, 0.2) is 0 Å². The highest BCUT2D eigenvalue weighted by Gasteiger charge is 2.48. The van der Waals surface area contributed by atoms with Gasteiger partial charge in [0.15, 0.2) is 12.4 Å². The summed E-state index contributed by atoms with van der Waals surface area (Å²) in [6.45, 7) is 5.07. The Kier molecular flexibility index (Phi) is 4.11. The van der Waals surface area contributed by atoms with E-state index in [0.717, 1.165) is 0 Å². The minimum Gasteiger partial charge on any atom is -0.479 e. The molecule has 0 radical (unpaired) electrons. The predicted octanol–water partition coefficient (Wildman–Crippen LogP) is -1.31. The van der Waals surface area contributed by atoms with Crippen LogP contribution in [0.25, 0.3) is 0 Å². The van der Waals surface area contributed by atoms with Gasteiger partial charge in [-0.3, -0.25) is 0 Å². The molecular weight excluding hydrogens is 232 g/mol. The topological polar surface area (TPSA) is 116 Å². The third-order valence-corrected chi connectivity index (χ3v) is 2.28. The molecule has 1 saturated heterocycles. The summed E-state index contributed by atoms with van der Waals surface area (Å²) < 4.78 is 10.2. The van der Waals surface area contributed by atoms with E-state index in [2.05, 4.69) is 0 Å². The molecule has 7 nitrogen and oxygen atoms in total. The summed E-state index contributed by atoms with van der Waals surface area (Å²) in [7, 11) is 0. The molecule has 1 heterocycles. The highest BCUT2D eigenvalue weighted by atomic mass is 16.7. The molecule has 0 bridgehead atoms. The third kappa shape index (κ3) is 3.36. The largest absolute Gasteiger partial charge is 0.479 e. The Hall–Kier alpha value is -0.730. The van der Waals surface area contributed by atoms with E-state index in [0.29, 0.717) is 0 Å². The van der Waals surface area contributed by atoms with Crippen LogP contribution >= 0.6 is 0 Å². The van der Waals surface area contributed by atoms with Crippen LogP contribution in [0.4, 0.5) is 0 Å². The van der Waals surface area contributed by atoms with Crippen LogP contribution < -0.4 is 0 Å². The normalized spacial score (nSPS) is 39.1. The zero-order valence-corrected chi connectivity index (χ0v) is 9.90. The van der Waals surface area contributed by atoms with Crippen LogP contribution in [0.3, 0.4) is 0 Å². The third-order valence-electron chi connectivity index (χ3n) is 2.28. The Labute approximate surface area is 98.6 Å². The summed E-state index contributed by atoms with van der Waals surface area (Å²) in [6, 6.07) is 0. The standard InChI is InChI=1S/C10H18O7/c1-10(2,3)17-9-6(13)4(11)5(12)7(16-9)8(14)15/h4-7,9,11-13H,1-3H3,(H,14,15)/t4-,5-,6-,7+,9+/m1/s1. The molecule has 0 aromatic carbocycles. The van der Waals surface area contributed by atoms with E-state index in [4.69, 9.17) is 14.6 Å². The van der Waals surface area contributed by atoms with Gasteiger partial charge in [0.25, 0.3) is 0 Å². The minimum atomic E-state index is -1.69. The number of carboxylic acid groups (broad SMARTS) is 1. The molecular formula is C10H18O7. The molecule has 100 valence electrons. The molecule has 7 heteroatoms. The van der Waals surface area contributed by atoms with E-state index in [-0.39, 0.29) is 0 Å². The molecule has 0 spiro atoms. The molecule has 0 saturated carbocycles. The fourth-order valence-electron chi connectivity index (χ4n) is 1.50. The molecule has 1 fully saturated rings. The second kappa shape index (κ2) is 4.87. The van der Waals surface area contributed by atoms with Gasteiger partial charge in [0.1, 0.15) is 18.3 Å². The molecule has 17 heavy (non-hydrogen) atoms. The van der Waals surface area contributed by atoms with Crippen LogP contribution in [0.2, 0.25) is 0 Å². The van der Waals surface area contributed by atoms with Crippen molar-refractivity contribution in [2.24, 2.45) is 0 Å². The maximum absolute atomic E-state index is 10.8. The Morgan fingerprint density at radius 2 is 1.65 bits per heavy atom. The maximum atomic E-state index is 10.8. The number of aliphatic hydroxyl groups excluding tert-OH is 3. The van der Waals surface area contributed by atoms with E-state index in [1.54, 1.807) is 20.8 Å². The fraction of sp³-hybridized carbons (Fsp3) is 0.900. The Morgan fingerprint density at radius 3 is 2.06 bits per heavy atom. The van der Waals surface area contributed by atoms with E-state index in [1.807, 2.05) is 0 Å². The van der Waals surface area contributed by atoms with Crippen molar-refractivity contribution in [2.45, 2.75) is 57.1 Å². The second-order valence-electron chi connectivity index (χ2n) is 4.97. The van der Waals surface area contributed by atoms with Crippen molar-refractivity contribution in [3.05, 3.63) is 0 Å². The van der Waals surface area contributed by atoms with Crippen molar-refractivity contribution in [3.63, 3.8) is 0 Å². The number of rotatable bonds is 2. The molecule has 0 aromatic rings. The number of aliphatic carboxylic acids is 1. The SMILES string of the molecule is CC(C)(C)O[C@@H]1O[C@H](C(=O)O)[C@H](O)[C@@H](O)[C@H]1O. The van der Waals surface area contributed by atoms with Gasteiger partial charge in [-0.15, -0.1) is 0 Å². The predicted molar refractivity (Wildman–Crippen MR) is 55.2 cm³/mol. The van der Waals surface area contributed by atoms with Gasteiger partial charge in [-0.05, 0) is 20.8 Å². The lowest BCUT2D eigenvalue weighted by Gasteiger charge is -2.40. The fourth-order valence-corrected chi connectivity index (χ4v) is 1.50. The van der Waals surface area contributed by atoms with Crippen LogP contribution in [0.5, 0.6) is 0 Å². The summed E-state index contributed by atoms with van der Waals surface area (Å²) in [5.41, 5.74) is -0.684. The molecule has 1 rings (SSSR count). The molecule has 4 N–H and O–H groups in total. The monoisotopic (exact) mass is 250 g/mol. The molecule has 0 unspecified atom stereocenters. The van der Waals surface area contributed by atoms with Crippen LogP contribution in [0.1, 0.15) is 20.8 Å². The average molecular weight is 250 g/mol. The number of carbonyl (C=O) groups is 1. The molecule has 5 atom stereocenters. The van der Waals surface area contributed by atoms with Crippen molar-refractivity contribution in [1.29, 1.82) is 0 Å². The molecule has 0 aromatic heterocycles. The van der Waals surface area contributed by atoms with E-state index in [9.17, 15) is 20.1 Å². The van der Waals surface area contributed by atoms with Gasteiger partial charge in [0, 0.05) is 0 Å². The Morgan fingerprint density at radius 1 is 1.12 bits per heavy atom. The van der Waals surface area contributed by atoms with Gasteiger partial charge in [-0.2, -0.15) is 0 Å². The first-order chi connectivity index (χ1) is 7.63. The smallest absolute Gasteiger partial charge is 0.335 e. The number of carboxylic acids is 1. The quantitative estimate of drug-likeness (QED) is 0.481. The van der Waals surface area contributed by atoms with Crippen molar-refractivity contribution in [3.8, 4) is 0 Å². The molecule has 0 aliphatic carbocycles. The van der Waals surface area contributed by atoms with Gasteiger partial charge < -0.3 is 29.9 Å². The van der Waals surface area contributed by atoms with E-state index in [1.165, 1.54) is 0 Å². The van der Waals surface area contributed by atoms with Crippen LogP contribution in [-0.4, -0.2) is 62.7 Å². The van der Waals surface area contributed by atoms with Crippen molar-refractivity contribution < 1.29 is 34.7 Å². The Balaban J connectivity index is 2.82. The van der Waals surface area contributed by atoms with Gasteiger partial charge in [0.05, 0.1) is 5.60 Å². The summed E-state index contributed by atoms with van der Waals surface area (Å²) in [5.74, 6) is -1.43. The van der Waals surface area contributed by atoms with E-state index >= 15 is 0 Å². The van der Waals surface area contributed by atoms with Gasteiger partial charge in [-0.25, -0.2) is 4.79 Å². The molecule has 1 aliphatic heterocycles. The van der Waals surface area contributed by atoms with Crippen molar-refractivity contribution in [1.82, 2.24) is 0 Å². The highest BCUT2D eigenvalue weighted by Crippen LogP contribution is 2.25. The lowest BCUT2D eigenvalue weighted by molar-refractivity contribution is -0.314. The van der Waals surface area contributed by atoms with Gasteiger partial charge >= 0.3 is 5.97 Å². The van der Waals surface area contributed by atoms with Gasteiger partial charge in [0.2, 0.25) is 0 Å². The number of ether oxygens (including phenoxy) is 2. The Bertz CT molecular complexity index is 285. The lowest BCUT2D eigenvalue weighted by atomic mass is 9.98. The first kappa shape index (κ1) is 14.3. The van der Waals surface area contributed by atoms with Crippen molar-refractivity contribution in [2.75, 3.05) is 0 Å². The number of hydrogen-bond donors (Lipinski definition) is 4. The second-order valence-corrected chi connectivity index (χ2v) is 4.97. The van der Waals surface area contributed by atoms with Crippen molar-refractivity contribution >= 4 is 5.97 Å². The van der Waals surface area contributed by atoms with E-state index < -0.39 is 42.3 Å². The first-order valence-corrected chi connectivity index (χ1v) is 5.24. The zero-order valence-electron chi connectivity index (χ0n) is 9.90. The maximum Gasteiger partial charge on any atom is 0.335 e. The molecule has 0 amide bonds. The van der Waals surface area contributed by atoms with Gasteiger partial charge in [-0.1, -0.05) is 0 Å². The highest BCUT2D eigenvalue weighted by molar-refractivity contribution is 5.73. The first-order valence-electron chi connectivity index (χ1n) is 5.24. The average Bonchev–Trinajstić information content (AvgIpc) is 2.16. The summed E-state index contributed by atoms with van der Waals surface area (Å²) in [6.07, 6.45) is -7.74.